The summed E-state index contributed by atoms with van der Waals surface area (Å²) in [5.41, 5.74) is 1.44. The van der Waals surface area contributed by atoms with Crippen molar-refractivity contribution in [3.05, 3.63) is 24.0 Å². The molecule has 0 bridgehead atoms. The average molecular weight is 262 g/mol. The van der Waals surface area contributed by atoms with Crippen LogP contribution < -0.4 is 10.6 Å². The monoisotopic (exact) mass is 262 g/mol. The zero-order valence-electron chi connectivity index (χ0n) is 11.8. The number of pyridine rings is 1. The van der Waals surface area contributed by atoms with Gasteiger partial charge in [0, 0.05) is 38.1 Å². The summed E-state index contributed by atoms with van der Waals surface area (Å²) in [6, 6.07) is 4.57. The molecule has 0 radical (unpaired) electrons. The standard InChI is InChI=1S/C14H22N4O/c1-10-12(5-4-7-15-10)17-11-6-8-16-13(9-11)14(19)18(2)3/h6,8-10,12,15H,4-5,7H2,1-3H3,(H,16,17). The summed E-state index contributed by atoms with van der Waals surface area (Å²) in [5, 5.41) is 6.95. The lowest BCUT2D eigenvalue weighted by Crippen LogP contribution is -2.46. The lowest BCUT2D eigenvalue weighted by Gasteiger charge is -2.31. The van der Waals surface area contributed by atoms with E-state index >= 15 is 0 Å². The summed E-state index contributed by atoms with van der Waals surface area (Å²) in [7, 11) is 3.47. The van der Waals surface area contributed by atoms with Crippen LogP contribution in [0.4, 0.5) is 5.69 Å². The van der Waals surface area contributed by atoms with E-state index in [4.69, 9.17) is 0 Å². The number of anilines is 1. The smallest absolute Gasteiger partial charge is 0.272 e. The van der Waals surface area contributed by atoms with Crippen molar-refractivity contribution in [2.24, 2.45) is 0 Å². The number of amides is 1. The van der Waals surface area contributed by atoms with Crippen LogP contribution in [0.1, 0.15) is 30.3 Å². The van der Waals surface area contributed by atoms with E-state index in [2.05, 4.69) is 22.5 Å². The van der Waals surface area contributed by atoms with Crippen LogP contribution >= 0.6 is 0 Å². The van der Waals surface area contributed by atoms with Gasteiger partial charge >= 0.3 is 0 Å². The molecule has 1 amide bonds. The summed E-state index contributed by atoms with van der Waals surface area (Å²) in [6.07, 6.45) is 4.00. The number of hydrogen-bond donors (Lipinski definition) is 2. The maximum atomic E-state index is 11.9. The lowest BCUT2D eigenvalue weighted by atomic mass is 9.99. The van der Waals surface area contributed by atoms with Crippen LogP contribution in [0.15, 0.2) is 18.3 Å². The van der Waals surface area contributed by atoms with E-state index in [-0.39, 0.29) is 5.91 Å². The number of nitrogens with zero attached hydrogens (tertiary/aromatic N) is 2. The van der Waals surface area contributed by atoms with Crippen LogP contribution in [0, 0.1) is 0 Å². The predicted molar refractivity (Wildman–Crippen MR) is 76.4 cm³/mol. The normalized spacial score (nSPS) is 22.9. The van der Waals surface area contributed by atoms with Gasteiger partial charge in [-0.15, -0.1) is 0 Å². The minimum Gasteiger partial charge on any atom is -0.381 e. The number of piperidine rings is 1. The Morgan fingerprint density at radius 2 is 2.32 bits per heavy atom. The number of carbonyl (C=O) groups is 1. The molecule has 104 valence electrons. The molecule has 0 aromatic carbocycles. The number of hydrogen-bond acceptors (Lipinski definition) is 4. The highest BCUT2D eigenvalue weighted by Crippen LogP contribution is 2.16. The van der Waals surface area contributed by atoms with E-state index in [0.717, 1.165) is 18.7 Å². The third kappa shape index (κ3) is 3.44. The van der Waals surface area contributed by atoms with Crippen molar-refractivity contribution in [3.63, 3.8) is 0 Å². The first-order valence-electron chi connectivity index (χ1n) is 6.75. The van der Waals surface area contributed by atoms with Crippen molar-refractivity contribution >= 4 is 11.6 Å². The van der Waals surface area contributed by atoms with E-state index in [9.17, 15) is 4.79 Å². The van der Waals surface area contributed by atoms with E-state index in [1.807, 2.05) is 12.1 Å². The van der Waals surface area contributed by atoms with Crippen molar-refractivity contribution in [2.75, 3.05) is 26.0 Å². The highest BCUT2D eigenvalue weighted by atomic mass is 16.2. The molecule has 0 saturated carbocycles. The predicted octanol–water partition coefficient (Wildman–Crippen LogP) is 1.34. The summed E-state index contributed by atoms with van der Waals surface area (Å²) in [5.74, 6) is -0.0709. The van der Waals surface area contributed by atoms with Gasteiger partial charge in [0.05, 0.1) is 0 Å². The van der Waals surface area contributed by atoms with Crippen molar-refractivity contribution in [1.82, 2.24) is 15.2 Å². The van der Waals surface area contributed by atoms with Gasteiger partial charge in [0.1, 0.15) is 5.69 Å². The van der Waals surface area contributed by atoms with Gasteiger partial charge in [-0.3, -0.25) is 9.78 Å². The Hall–Kier alpha value is -1.62. The second-order valence-electron chi connectivity index (χ2n) is 5.27. The Balaban J connectivity index is 2.08. The second kappa shape index (κ2) is 6.02. The molecule has 2 N–H and O–H groups in total. The molecule has 1 aliphatic rings. The molecule has 19 heavy (non-hydrogen) atoms. The third-order valence-corrected chi connectivity index (χ3v) is 3.50. The number of carbonyl (C=O) groups excluding carboxylic acids is 1. The fourth-order valence-electron chi connectivity index (χ4n) is 2.32. The van der Waals surface area contributed by atoms with Crippen molar-refractivity contribution < 1.29 is 4.79 Å². The molecule has 1 aromatic heterocycles. The summed E-state index contributed by atoms with van der Waals surface area (Å²) < 4.78 is 0. The van der Waals surface area contributed by atoms with Crippen LogP contribution in [0.3, 0.4) is 0 Å². The first-order chi connectivity index (χ1) is 9.08. The molecule has 2 heterocycles. The average Bonchev–Trinajstić information content (AvgIpc) is 2.41. The Labute approximate surface area is 114 Å². The zero-order chi connectivity index (χ0) is 13.8. The quantitative estimate of drug-likeness (QED) is 0.863. The van der Waals surface area contributed by atoms with Crippen molar-refractivity contribution in [1.29, 1.82) is 0 Å². The molecule has 1 saturated heterocycles. The molecule has 2 rings (SSSR count). The molecule has 2 atom stereocenters. The minimum absolute atomic E-state index is 0.0709. The van der Waals surface area contributed by atoms with Crippen LogP contribution in [0.5, 0.6) is 0 Å². The summed E-state index contributed by atoms with van der Waals surface area (Å²) in [4.78, 5) is 17.5. The lowest BCUT2D eigenvalue weighted by molar-refractivity contribution is 0.0822. The van der Waals surface area contributed by atoms with Gasteiger partial charge in [-0.05, 0) is 38.4 Å². The molecular formula is C14H22N4O. The van der Waals surface area contributed by atoms with Crippen LogP contribution in [-0.4, -0.2) is 48.5 Å². The van der Waals surface area contributed by atoms with E-state index in [1.54, 1.807) is 20.3 Å². The Bertz CT molecular complexity index is 447. The Kier molecular flexibility index (Phi) is 4.37. The number of nitrogens with one attached hydrogen (secondary N) is 2. The Morgan fingerprint density at radius 3 is 3.00 bits per heavy atom. The molecule has 0 spiro atoms. The van der Waals surface area contributed by atoms with Crippen LogP contribution in [-0.2, 0) is 0 Å². The molecule has 5 heteroatoms. The van der Waals surface area contributed by atoms with Crippen molar-refractivity contribution in [2.45, 2.75) is 31.8 Å². The zero-order valence-corrected chi connectivity index (χ0v) is 11.8. The number of rotatable bonds is 3. The highest BCUT2D eigenvalue weighted by molar-refractivity contribution is 5.92. The fourth-order valence-corrected chi connectivity index (χ4v) is 2.32. The van der Waals surface area contributed by atoms with Gasteiger partial charge in [0.25, 0.3) is 5.91 Å². The molecule has 5 nitrogen and oxygen atoms in total. The molecular weight excluding hydrogens is 240 g/mol. The molecule has 0 aliphatic carbocycles. The van der Waals surface area contributed by atoms with E-state index in [0.29, 0.717) is 17.8 Å². The first-order valence-corrected chi connectivity index (χ1v) is 6.75. The van der Waals surface area contributed by atoms with Gasteiger partial charge in [0.2, 0.25) is 0 Å². The highest BCUT2D eigenvalue weighted by Gasteiger charge is 2.20. The maximum absolute atomic E-state index is 11.9. The van der Waals surface area contributed by atoms with Crippen molar-refractivity contribution in [3.8, 4) is 0 Å². The third-order valence-electron chi connectivity index (χ3n) is 3.50. The van der Waals surface area contributed by atoms with E-state index in [1.165, 1.54) is 11.3 Å². The van der Waals surface area contributed by atoms with Gasteiger partial charge in [-0.2, -0.15) is 0 Å². The summed E-state index contributed by atoms with van der Waals surface area (Å²) >= 11 is 0. The number of aromatic nitrogens is 1. The minimum atomic E-state index is -0.0709. The molecule has 1 aliphatic heterocycles. The maximum Gasteiger partial charge on any atom is 0.272 e. The van der Waals surface area contributed by atoms with E-state index < -0.39 is 0 Å². The second-order valence-corrected chi connectivity index (χ2v) is 5.27. The van der Waals surface area contributed by atoms with Crippen LogP contribution in [0.25, 0.3) is 0 Å². The fraction of sp³-hybridized carbons (Fsp3) is 0.571. The topological polar surface area (TPSA) is 57.3 Å². The molecule has 1 fully saturated rings. The molecule has 1 aromatic rings. The summed E-state index contributed by atoms with van der Waals surface area (Å²) in [6.45, 7) is 3.27. The molecule has 2 unspecified atom stereocenters. The SMILES string of the molecule is CC1NCCCC1Nc1ccnc(C(=O)N(C)C)c1. The Morgan fingerprint density at radius 1 is 1.53 bits per heavy atom. The largest absolute Gasteiger partial charge is 0.381 e. The first kappa shape index (κ1) is 13.8. The van der Waals surface area contributed by atoms with Gasteiger partial charge < -0.3 is 15.5 Å². The van der Waals surface area contributed by atoms with Crippen LogP contribution in [0.2, 0.25) is 0 Å². The van der Waals surface area contributed by atoms with Gasteiger partial charge in [0.15, 0.2) is 0 Å². The van der Waals surface area contributed by atoms with Gasteiger partial charge in [-0.1, -0.05) is 0 Å². The van der Waals surface area contributed by atoms with Gasteiger partial charge in [-0.25, -0.2) is 0 Å².